The van der Waals surface area contributed by atoms with E-state index in [-0.39, 0.29) is 35.6 Å². The number of carbonyl (C=O) groups excluding carboxylic acids is 1. The Labute approximate surface area is 134 Å². The molecule has 1 aromatic rings. The number of rotatable bonds is 5. The molecular formula is C12H19ClN4O4S. The van der Waals surface area contributed by atoms with Crippen LogP contribution in [0.1, 0.15) is 16.2 Å². The first-order valence-corrected chi connectivity index (χ1v) is 8.70. The standard InChI is InChI=1S/C12H19ClN4O4S/c1-7-10(13)11(16-15-7)12(18)14-9-5-21-4-8(9)6-22(19,20)17(2)3/h8-9H,4-6H2,1-3H3,(H,14,18)(H,15,16). The maximum Gasteiger partial charge on any atom is 0.273 e. The highest BCUT2D eigenvalue weighted by Gasteiger charge is 2.35. The molecule has 2 unspecified atom stereocenters. The van der Waals surface area contributed by atoms with Crippen LogP contribution in [0.4, 0.5) is 0 Å². The van der Waals surface area contributed by atoms with Crippen LogP contribution < -0.4 is 5.32 Å². The van der Waals surface area contributed by atoms with E-state index >= 15 is 0 Å². The van der Waals surface area contributed by atoms with Gasteiger partial charge in [-0.1, -0.05) is 11.6 Å². The van der Waals surface area contributed by atoms with Gasteiger partial charge in [0.05, 0.1) is 35.7 Å². The number of ether oxygens (including phenoxy) is 1. The van der Waals surface area contributed by atoms with Crippen LogP contribution >= 0.6 is 11.6 Å². The van der Waals surface area contributed by atoms with E-state index in [0.717, 1.165) is 4.31 Å². The Bertz CT molecular complexity index is 658. The molecule has 0 aliphatic carbocycles. The Balaban J connectivity index is 2.05. The van der Waals surface area contributed by atoms with E-state index in [2.05, 4.69) is 15.5 Å². The van der Waals surface area contributed by atoms with Crippen LogP contribution in [0, 0.1) is 12.8 Å². The Morgan fingerprint density at radius 1 is 1.50 bits per heavy atom. The molecule has 0 bridgehead atoms. The van der Waals surface area contributed by atoms with Crippen molar-refractivity contribution in [3.05, 3.63) is 16.4 Å². The lowest BCUT2D eigenvalue weighted by Crippen LogP contribution is -2.43. The summed E-state index contributed by atoms with van der Waals surface area (Å²) in [6.07, 6.45) is 0. The summed E-state index contributed by atoms with van der Waals surface area (Å²) in [6, 6.07) is -0.393. The molecule has 0 saturated carbocycles. The molecule has 2 N–H and O–H groups in total. The van der Waals surface area contributed by atoms with E-state index in [4.69, 9.17) is 16.3 Å². The fourth-order valence-electron chi connectivity index (χ4n) is 2.14. The van der Waals surface area contributed by atoms with Gasteiger partial charge in [-0.2, -0.15) is 5.10 Å². The number of carbonyl (C=O) groups is 1. The lowest BCUT2D eigenvalue weighted by molar-refractivity contribution is 0.0921. The first kappa shape index (κ1) is 17.2. The second kappa shape index (κ2) is 6.53. The van der Waals surface area contributed by atoms with Gasteiger partial charge in [-0.05, 0) is 6.92 Å². The minimum atomic E-state index is -3.36. The molecule has 0 spiro atoms. The van der Waals surface area contributed by atoms with Crippen molar-refractivity contribution in [2.45, 2.75) is 13.0 Å². The lowest BCUT2D eigenvalue weighted by atomic mass is 10.1. The maximum absolute atomic E-state index is 12.2. The summed E-state index contributed by atoms with van der Waals surface area (Å²) in [5.74, 6) is -0.842. The average molecular weight is 351 g/mol. The highest BCUT2D eigenvalue weighted by Crippen LogP contribution is 2.20. The van der Waals surface area contributed by atoms with Gasteiger partial charge in [0.2, 0.25) is 10.0 Å². The summed E-state index contributed by atoms with van der Waals surface area (Å²) >= 11 is 5.99. The zero-order valence-corrected chi connectivity index (χ0v) is 14.2. The topological polar surface area (TPSA) is 104 Å². The Morgan fingerprint density at radius 2 is 2.18 bits per heavy atom. The zero-order chi connectivity index (χ0) is 16.5. The first-order valence-electron chi connectivity index (χ1n) is 6.71. The number of H-pyrrole nitrogens is 1. The summed E-state index contributed by atoms with van der Waals surface area (Å²) in [7, 11) is -0.410. The third-order valence-electron chi connectivity index (χ3n) is 3.58. The predicted molar refractivity (Wildman–Crippen MR) is 81.4 cm³/mol. The summed E-state index contributed by atoms with van der Waals surface area (Å²) in [5.41, 5.74) is 0.696. The fraction of sp³-hybridized carbons (Fsp3) is 0.667. The van der Waals surface area contributed by atoms with E-state index in [9.17, 15) is 13.2 Å². The highest BCUT2D eigenvalue weighted by atomic mass is 35.5. The molecule has 1 aliphatic heterocycles. The minimum Gasteiger partial charge on any atom is -0.379 e. The van der Waals surface area contributed by atoms with E-state index in [0.29, 0.717) is 5.69 Å². The van der Waals surface area contributed by atoms with Crippen molar-refractivity contribution in [1.29, 1.82) is 0 Å². The molecule has 22 heavy (non-hydrogen) atoms. The van der Waals surface area contributed by atoms with Crippen LogP contribution in [0.15, 0.2) is 0 Å². The monoisotopic (exact) mass is 350 g/mol. The molecule has 2 heterocycles. The Hall–Kier alpha value is -1.16. The highest BCUT2D eigenvalue weighted by molar-refractivity contribution is 7.89. The van der Waals surface area contributed by atoms with Crippen molar-refractivity contribution in [2.75, 3.05) is 33.1 Å². The summed E-state index contributed by atoms with van der Waals surface area (Å²) < 4.78 is 30.4. The van der Waals surface area contributed by atoms with E-state index < -0.39 is 22.0 Å². The zero-order valence-electron chi connectivity index (χ0n) is 12.6. The van der Waals surface area contributed by atoms with Gasteiger partial charge < -0.3 is 10.1 Å². The van der Waals surface area contributed by atoms with Crippen LogP contribution in [0.25, 0.3) is 0 Å². The number of nitrogens with one attached hydrogen (secondary N) is 2. The number of halogens is 1. The number of amides is 1. The summed E-state index contributed by atoms with van der Waals surface area (Å²) in [4.78, 5) is 12.2. The van der Waals surface area contributed by atoms with Crippen molar-refractivity contribution in [3.8, 4) is 0 Å². The third kappa shape index (κ3) is 3.60. The lowest BCUT2D eigenvalue weighted by Gasteiger charge is -2.20. The second-order valence-corrected chi connectivity index (χ2v) is 8.06. The number of hydrogen-bond acceptors (Lipinski definition) is 5. The van der Waals surface area contributed by atoms with Gasteiger partial charge in [0.1, 0.15) is 0 Å². The van der Waals surface area contributed by atoms with Crippen LogP contribution in [0.5, 0.6) is 0 Å². The van der Waals surface area contributed by atoms with Gasteiger partial charge in [-0.25, -0.2) is 12.7 Å². The molecular weight excluding hydrogens is 332 g/mol. The van der Waals surface area contributed by atoms with Crippen molar-refractivity contribution in [3.63, 3.8) is 0 Å². The van der Waals surface area contributed by atoms with Crippen molar-refractivity contribution in [2.24, 2.45) is 5.92 Å². The maximum atomic E-state index is 12.2. The molecule has 10 heteroatoms. The van der Waals surface area contributed by atoms with Crippen molar-refractivity contribution in [1.82, 2.24) is 19.8 Å². The van der Waals surface area contributed by atoms with Crippen molar-refractivity contribution < 1.29 is 17.9 Å². The van der Waals surface area contributed by atoms with Gasteiger partial charge in [0.25, 0.3) is 5.91 Å². The number of aryl methyl sites for hydroxylation is 1. The fourth-order valence-corrected chi connectivity index (χ4v) is 3.48. The largest absolute Gasteiger partial charge is 0.379 e. The third-order valence-corrected chi connectivity index (χ3v) is 6.01. The van der Waals surface area contributed by atoms with Crippen molar-refractivity contribution >= 4 is 27.5 Å². The number of aromatic amines is 1. The van der Waals surface area contributed by atoms with Gasteiger partial charge in [0.15, 0.2) is 5.69 Å². The van der Waals surface area contributed by atoms with Crippen LogP contribution in [0.3, 0.4) is 0 Å². The first-order chi connectivity index (χ1) is 10.2. The minimum absolute atomic E-state index is 0.0850. The van der Waals surface area contributed by atoms with Crippen LogP contribution in [-0.2, 0) is 14.8 Å². The van der Waals surface area contributed by atoms with Gasteiger partial charge >= 0.3 is 0 Å². The SMILES string of the molecule is Cc1[nH]nc(C(=O)NC2COCC2CS(=O)(=O)N(C)C)c1Cl. The molecule has 1 saturated heterocycles. The smallest absolute Gasteiger partial charge is 0.273 e. The molecule has 1 fully saturated rings. The number of nitrogens with zero attached hydrogens (tertiary/aromatic N) is 2. The number of hydrogen-bond donors (Lipinski definition) is 2. The molecule has 2 atom stereocenters. The predicted octanol–water partition coefficient (Wildman–Crippen LogP) is 0.00772. The number of aromatic nitrogens is 2. The normalized spacial score (nSPS) is 22.2. The molecule has 124 valence electrons. The van der Waals surface area contributed by atoms with E-state index in [1.54, 1.807) is 6.92 Å². The quantitative estimate of drug-likeness (QED) is 0.778. The molecule has 1 aliphatic rings. The second-order valence-electron chi connectivity index (χ2n) is 5.45. The summed E-state index contributed by atoms with van der Waals surface area (Å²) in [5, 5.41) is 9.48. The summed E-state index contributed by atoms with van der Waals surface area (Å²) in [6.45, 7) is 2.25. The van der Waals surface area contributed by atoms with E-state index in [1.807, 2.05) is 0 Å². The Kier molecular flexibility index (Phi) is 5.10. The van der Waals surface area contributed by atoms with Crippen LogP contribution in [-0.4, -0.2) is 67.9 Å². The van der Waals surface area contributed by atoms with Gasteiger partial charge in [-0.15, -0.1) is 0 Å². The molecule has 8 nitrogen and oxygen atoms in total. The van der Waals surface area contributed by atoms with Gasteiger partial charge in [0, 0.05) is 20.0 Å². The Morgan fingerprint density at radius 3 is 2.73 bits per heavy atom. The molecule has 2 rings (SSSR count). The molecule has 0 radical (unpaired) electrons. The van der Waals surface area contributed by atoms with Gasteiger partial charge in [-0.3, -0.25) is 9.89 Å². The van der Waals surface area contributed by atoms with E-state index in [1.165, 1.54) is 14.1 Å². The average Bonchev–Trinajstić information content (AvgIpc) is 2.98. The molecule has 1 aromatic heterocycles. The number of sulfonamides is 1. The molecule has 0 aromatic carbocycles. The van der Waals surface area contributed by atoms with Crippen LogP contribution in [0.2, 0.25) is 5.02 Å². The molecule has 1 amide bonds.